The number of hydrogen-bond donors (Lipinski definition) is 0. The maximum Gasteiger partial charge on any atom is 0.417 e. The number of ketones is 1. The number of halogens is 3. The van der Waals surface area contributed by atoms with Crippen LogP contribution in [0.15, 0.2) is 12.1 Å². The number of aryl methyl sites for hydroxylation is 1. The first-order valence-electron chi connectivity index (χ1n) is 4.41. The summed E-state index contributed by atoms with van der Waals surface area (Å²) in [5.41, 5.74) is -1.86. The van der Waals surface area contributed by atoms with Gasteiger partial charge in [0.2, 0.25) is 0 Å². The molecule has 0 saturated heterocycles. The summed E-state index contributed by atoms with van der Waals surface area (Å²) in [7, 11) is 0. The lowest BCUT2D eigenvalue weighted by Crippen LogP contribution is -2.15. The van der Waals surface area contributed by atoms with Crippen molar-refractivity contribution in [3.63, 3.8) is 0 Å². The zero-order chi connectivity index (χ0) is 12.5. The van der Waals surface area contributed by atoms with Gasteiger partial charge in [-0.3, -0.25) is 4.79 Å². The Kier molecular flexibility index (Phi) is 3.04. The van der Waals surface area contributed by atoms with Crippen LogP contribution in [0.2, 0.25) is 0 Å². The average Bonchev–Trinajstić information content (AvgIpc) is 2.15. The first kappa shape index (κ1) is 12.2. The molecule has 0 aliphatic carbocycles. The molecular formula is C11H8F3NO. The molecule has 0 atom stereocenters. The number of alkyl halides is 3. The fourth-order valence-corrected chi connectivity index (χ4v) is 1.53. The van der Waals surface area contributed by atoms with Gasteiger partial charge in [0.1, 0.15) is 0 Å². The second-order valence-electron chi connectivity index (χ2n) is 3.35. The van der Waals surface area contributed by atoms with Crippen LogP contribution >= 0.6 is 0 Å². The molecule has 0 saturated carbocycles. The van der Waals surface area contributed by atoms with Crippen LogP contribution in [0, 0.1) is 18.3 Å². The smallest absolute Gasteiger partial charge is 0.294 e. The maximum absolute atomic E-state index is 12.7. The SMILES string of the molecule is CC(=O)c1c(C#N)ccc(C)c1C(F)(F)F. The maximum atomic E-state index is 12.7. The van der Waals surface area contributed by atoms with Gasteiger partial charge in [-0.15, -0.1) is 0 Å². The van der Waals surface area contributed by atoms with Gasteiger partial charge in [-0.05, 0) is 25.5 Å². The summed E-state index contributed by atoms with van der Waals surface area (Å²) in [6.45, 7) is 2.28. The summed E-state index contributed by atoms with van der Waals surface area (Å²) < 4.78 is 38.2. The minimum Gasteiger partial charge on any atom is -0.294 e. The lowest BCUT2D eigenvalue weighted by molar-refractivity contribution is -0.138. The summed E-state index contributed by atoms with van der Waals surface area (Å²) in [6.07, 6.45) is -4.63. The van der Waals surface area contributed by atoms with E-state index in [2.05, 4.69) is 0 Å². The van der Waals surface area contributed by atoms with Gasteiger partial charge >= 0.3 is 6.18 Å². The van der Waals surface area contributed by atoms with Crippen molar-refractivity contribution in [1.82, 2.24) is 0 Å². The van der Waals surface area contributed by atoms with E-state index in [1.165, 1.54) is 19.1 Å². The number of benzene rings is 1. The molecular weight excluding hydrogens is 219 g/mol. The van der Waals surface area contributed by atoms with Gasteiger partial charge in [0.15, 0.2) is 5.78 Å². The monoisotopic (exact) mass is 227 g/mol. The molecule has 0 heterocycles. The van der Waals surface area contributed by atoms with Crippen molar-refractivity contribution in [2.75, 3.05) is 0 Å². The molecule has 0 amide bonds. The van der Waals surface area contributed by atoms with Crippen LogP contribution in [0.3, 0.4) is 0 Å². The lowest BCUT2D eigenvalue weighted by atomic mass is 9.94. The van der Waals surface area contributed by atoms with Crippen molar-refractivity contribution in [1.29, 1.82) is 5.26 Å². The van der Waals surface area contributed by atoms with Crippen molar-refractivity contribution in [3.05, 3.63) is 34.4 Å². The molecule has 0 bridgehead atoms. The molecule has 1 aromatic rings. The van der Waals surface area contributed by atoms with Gasteiger partial charge < -0.3 is 0 Å². The standard InChI is InChI=1S/C11H8F3NO/c1-6-3-4-8(5-15)9(7(2)16)10(6)11(12,13)14/h3-4H,1-2H3. The molecule has 0 spiro atoms. The lowest BCUT2D eigenvalue weighted by Gasteiger charge is -2.14. The van der Waals surface area contributed by atoms with Crippen molar-refractivity contribution < 1.29 is 18.0 Å². The zero-order valence-corrected chi connectivity index (χ0v) is 8.64. The third-order valence-electron chi connectivity index (χ3n) is 2.17. The fraction of sp³-hybridized carbons (Fsp3) is 0.273. The number of Topliss-reactive ketones (excluding diaryl/α,β-unsaturated/α-hetero) is 1. The quantitative estimate of drug-likeness (QED) is 0.691. The van der Waals surface area contributed by atoms with Crippen molar-refractivity contribution in [2.45, 2.75) is 20.0 Å². The normalized spacial score (nSPS) is 11.0. The van der Waals surface area contributed by atoms with E-state index in [9.17, 15) is 18.0 Å². The van der Waals surface area contributed by atoms with Crippen LogP contribution < -0.4 is 0 Å². The Morgan fingerprint density at radius 2 is 1.94 bits per heavy atom. The molecule has 0 radical (unpaired) electrons. The summed E-state index contributed by atoms with van der Waals surface area (Å²) >= 11 is 0. The molecule has 1 rings (SSSR count). The Bertz CT molecular complexity index is 483. The van der Waals surface area contributed by atoms with Gasteiger partial charge in [-0.25, -0.2) is 0 Å². The van der Waals surface area contributed by atoms with Crippen LogP contribution in [0.25, 0.3) is 0 Å². The van der Waals surface area contributed by atoms with Crippen LogP contribution in [0.5, 0.6) is 0 Å². The Hall–Kier alpha value is -1.83. The summed E-state index contributed by atoms with van der Waals surface area (Å²) in [5.74, 6) is -0.757. The topological polar surface area (TPSA) is 40.9 Å². The van der Waals surface area contributed by atoms with Gasteiger partial charge in [-0.1, -0.05) is 6.07 Å². The van der Waals surface area contributed by atoms with Gasteiger partial charge in [0.25, 0.3) is 0 Å². The van der Waals surface area contributed by atoms with Gasteiger partial charge in [0, 0.05) is 5.56 Å². The molecule has 0 aliphatic rings. The summed E-state index contributed by atoms with van der Waals surface area (Å²) in [5, 5.41) is 8.68. The molecule has 5 heteroatoms. The van der Waals surface area contributed by atoms with Crippen LogP contribution in [-0.2, 0) is 6.18 Å². The predicted octanol–water partition coefficient (Wildman–Crippen LogP) is 3.09. The zero-order valence-electron chi connectivity index (χ0n) is 8.64. The van der Waals surface area contributed by atoms with E-state index in [1.54, 1.807) is 6.07 Å². The fourth-order valence-electron chi connectivity index (χ4n) is 1.53. The highest BCUT2D eigenvalue weighted by Gasteiger charge is 2.37. The van der Waals surface area contributed by atoms with Crippen LogP contribution in [0.1, 0.15) is 34.0 Å². The number of carbonyl (C=O) groups is 1. The minimum absolute atomic E-state index is 0.0586. The third kappa shape index (κ3) is 2.06. The van der Waals surface area contributed by atoms with Gasteiger partial charge in [0.05, 0.1) is 17.2 Å². The molecule has 0 aliphatic heterocycles. The Balaban J connectivity index is 3.70. The number of hydrogen-bond acceptors (Lipinski definition) is 2. The summed E-state index contributed by atoms with van der Waals surface area (Å²) in [4.78, 5) is 11.2. The molecule has 0 unspecified atom stereocenters. The molecule has 2 nitrogen and oxygen atoms in total. The highest BCUT2D eigenvalue weighted by molar-refractivity contribution is 5.98. The van der Waals surface area contributed by atoms with E-state index in [-0.39, 0.29) is 11.1 Å². The second-order valence-corrected chi connectivity index (χ2v) is 3.35. The van der Waals surface area contributed by atoms with Crippen molar-refractivity contribution in [2.24, 2.45) is 0 Å². The molecule has 0 N–H and O–H groups in total. The van der Waals surface area contributed by atoms with E-state index in [1.807, 2.05) is 0 Å². The van der Waals surface area contributed by atoms with Crippen LogP contribution in [-0.4, -0.2) is 5.78 Å². The Morgan fingerprint density at radius 1 is 1.38 bits per heavy atom. The molecule has 0 fully saturated rings. The summed E-state index contributed by atoms with van der Waals surface area (Å²) in [6, 6.07) is 4.01. The molecule has 84 valence electrons. The first-order valence-corrected chi connectivity index (χ1v) is 4.41. The third-order valence-corrected chi connectivity index (χ3v) is 2.17. The average molecular weight is 227 g/mol. The predicted molar refractivity (Wildman–Crippen MR) is 50.9 cm³/mol. The van der Waals surface area contributed by atoms with Crippen LogP contribution in [0.4, 0.5) is 13.2 Å². The largest absolute Gasteiger partial charge is 0.417 e. The number of rotatable bonds is 1. The van der Waals surface area contributed by atoms with E-state index in [0.717, 1.165) is 6.92 Å². The van der Waals surface area contributed by atoms with E-state index >= 15 is 0 Å². The Morgan fingerprint density at radius 3 is 2.31 bits per heavy atom. The van der Waals surface area contributed by atoms with E-state index < -0.39 is 23.1 Å². The number of nitrogens with zero attached hydrogens (tertiary/aromatic N) is 1. The van der Waals surface area contributed by atoms with Gasteiger partial charge in [-0.2, -0.15) is 18.4 Å². The van der Waals surface area contributed by atoms with E-state index in [4.69, 9.17) is 5.26 Å². The highest BCUT2D eigenvalue weighted by atomic mass is 19.4. The minimum atomic E-state index is -4.63. The molecule has 16 heavy (non-hydrogen) atoms. The Labute approximate surface area is 90.3 Å². The second kappa shape index (κ2) is 3.97. The van der Waals surface area contributed by atoms with E-state index in [0.29, 0.717) is 0 Å². The first-order chi connectivity index (χ1) is 7.29. The van der Waals surface area contributed by atoms with Crippen molar-refractivity contribution >= 4 is 5.78 Å². The highest BCUT2D eigenvalue weighted by Crippen LogP contribution is 2.36. The van der Waals surface area contributed by atoms with Crippen molar-refractivity contribution in [3.8, 4) is 6.07 Å². The number of nitriles is 1. The molecule has 0 aromatic heterocycles. The molecule has 1 aromatic carbocycles. The number of carbonyl (C=O) groups excluding carboxylic acids is 1.